The molecule has 0 aromatic heterocycles. The van der Waals surface area contributed by atoms with Crippen LogP contribution >= 0.6 is 15.9 Å². The highest BCUT2D eigenvalue weighted by Gasteiger charge is 1.92. The van der Waals surface area contributed by atoms with Crippen LogP contribution in [0.15, 0.2) is 0 Å². The van der Waals surface area contributed by atoms with E-state index < -0.39 is 0 Å². The molecule has 0 amide bonds. The summed E-state index contributed by atoms with van der Waals surface area (Å²) >= 11 is 3.45. The minimum absolute atomic E-state index is 0.715. The molecule has 0 bridgehead atoms. The molecule has 0 aliphatic heterocycles. The van der Waals surface area contributed by atoms with Crippen LogP contribution in [0.4, 0.5) is 0 Å². The summed E-state index contributed by atoms with van der Waals surface area (Å²) in [5.74, 6) is 0. The van der Waals surface area contributed by atoms with Crippen LogP contribution in [0.3, 0.4) is 0 Å². The first-order valence-corrected chi connectivity index (χ1v) is 7.16. The lowest BCUT2D eigenvalue weighted by Crippen LogP contribution is -2.02. The molecule has 15 heavy (non-hydrogen) atoms. The molecule has 0 rings (SSSR count). The molecule has 0 fully saturated rings. The second kappa shape index (κ2) is 14.4. The van der Waals surface area contributed by atoms with Crippen LogP contribution in [0.25, 0.3) is 0 Å². The van der Waals surface area contributed by atoms with Gasteiger partial charge in [0.2, 0.25) is 0 Å². The number of ether oxygens (including phenoxy) is 2. The van der Waals surface area contributed by atoms with Crippen molar-refractivity contribution in [3.63, 3.8) is 0 Å². The van der Waals surface area contributed by atoms with Crippen molar-refractivity contribution in [1.82, 2.24) is 0 Å². The zero-order chi connectivity index (χ0) is 11.2. The van der Waals surface area contributed by atoms with E-state index in [9.17, 15) is 0 Å². The molecule has 0 aromatic rings. The zero-order valence-corrected chi connectivity index (χ0v) is 11.6. The summed E-state index contributed by atoms with van der Waals surface area (Å²) in [4.78, 5) is 0. The Hall–Kier alpha value is 0.400. The van der Waals surface area contributed by atoms with Crippen LogP contribution in [0.2, 0.25) is 0 Å². The molecule has 2 nitrogen and oxygen atoms in total. The molecule has 0 saturated carbocycles. The van der Waals surface area contributed by atoms with E-state index >= 15 is 0 Å². The van der Waals surface area contributed by atoms with Gasteiger partial charge < -0.3 is 9.47 Å². The SMILES string of the molecule is COCCOCCCCCCCCCBr. The van der Waals surface area contributed by atoms with Crippen LogP contribution in [-0.2, 0) is 9.47 Å². The first kappa shape index (κ1) is 15.4. The number of alkyl halides is 1. The average Bonchev–Trinajstić information content (AvgIpc) is 2.26. The molecular weight excluding hydrogens is 256 g/mol. The van der Waals surface area contributed by atoms with Crippen molar-refractivity contribution in [3.8, 4) is 0 Å². The molecule has 92 valence electrons. The highest BCUT2D eigenvalue weighted by molar-refractivity contribution is 9.09. The topological polar surface area (TPSA) is 18.5 Å². The smallest absolute Gasteiger partial charge is 0.0700 e. The van der Waals surface area contributed by atoms with Gasteiger partial charge >= 0.3 is 0 Å². The van der Waals surface area contributed by atoms with E-state index in [0.29, 0.717) is 6.61 Å². The van der Waals surface area contributed by atoms with Crippen molar-refractivity contribution in [3.05, 3.63) is 0 Å². The Bertz CT molecular complexity index is 97.8. The van der Waals surface area contributed by atoms with E-state index in [1.807, 2.05) is 0 Å². The molecule has 0 unspecified atom stereocenters. The van der Waals surface area contributed by atoms with Gasteiger partial charge in [-0.15, -0.1) is 0 Å². The van der Waals surface area contributed by atoms with Gasteiger partial charge in [-0.25, -0.2) is 0 Å². The van der Waals surface area contributed by atoms with Crippen molar-refractivity contribution >= 4 is 15.9 Å². The van der Waals surface area contributed by atoms with Gasteiger partial charge in [0.25, 0.3) is 0 Å². The summed E-state index contributed by atoms with van der Waals surface area (Å²) in [6.07, 6.45) is 9.32. The lowest BCUT2D eigenvalue weighted by molar-refractivity contribution is 0.0685. The molecule has 3 heteroatoms. The summed E-state index contributed by atoms with van der Waals surface area (Å²) in [7, 11) is 1.70. The normalized spacial score (nSPS) is 10.8. The van der Waals surface area contributed by atoms with Crippen LogP contribution in [0.1, 0.15) is 44.9 Å². The molecule has 0 saturated heterocycles. The lowest BCUT2D eigenvalue weighted by atomic mass is 10.1. The van der Waals surface area contributed by atoms with E-state index in [1.165, 1.54) is 44.9 Å². The Kier molecular flexibility index (Phi) is 14.8. The number of hydrogen-bond acceptors (Lipinski definition) is 2. The van der Waals surface area contributed by atoms with E-state index in [4.69, 9.17) is 9.47 Å². The Morgan fingerprint density at radius 3 is 1.93 bits per heavy atom. The minimum Gasteiger partial charge on any atom is -0.382 e. The standard InChI is InChI=1S/C12H25BrO2/c1-14-11-12-15-10-8-6-4-2-3-5-7-9-13/h2-12H2,1H3. The summed E-state index contributed by atoms with van der Waals surface area (Å²) in [6.45, 7) is 2.35. The average molecular weight is 281 g/mol. The van der Waals surface area contributed by atoms with Crippen LogP contribution in [0, 0.1) is 0 Å². The number of hydrogen-bond donors (Lipinski definition) is 0. The Morgan fingerprint density at radius 2 is 1.33 bits per heavy atom. The predicted octanol–water partition coefficient (Wildman–Crippen LogP) is 3.78. The fourth-order valence-electron chi connectivity index (χ4n) is 1.43. The van der Waals surface area contributed by atoms with Gasteiger partial charge in [-0.1, -0.05) is 48.0 Å². The van der Waals surface area contributed by atoms with Crippen molar-refractivity contribution in [2.24, 2.45) is 0 Å². The summed E-state index contributed by atoms with van der Waals surface area (Å²) in [6, 6.07) is 0. The molecular formula is C12H25BrO2. The molecule has 0 aromatic carbocycles. The van der Waals surface area contributed by atoms with Gasteiger partial charge in [-0.05, 0) is 12.8 Å². The number of unbranched alkanes of at least 4 members (excludes halogenated alkanes) is 6. The molecule has 0 heterocycles. The monoisotopic (exact) mass is 280 g/mol. The highest BCUT2D eigenvalue weighted by atomic mass is 79.9. The maximum Gasteiger partial charge on any atom is 0.0700 e. The first-order valence-electron chi connectivity index (χ1n) is 6.04. The molecule has 0 radical (unpaired) electrons. The largest absolute Gasteiger partial charge is 0.382 e. The Balaban J connectivity index is 2.81. The third-order valence-electron chi connectivity index (χ3n) is 2.35. The summed E-state index contributed by atoms with van der Waals surface area (Å²) in [5.41, 5.74) is 0. The Labute approximate surface area is 103 Å². The van der Waals surface area contributed by atoms with E-state index in [2.05, 4.69) is 15.9 Å². The molecule has 0 spiro atoms. The van der Waals surface area contributed by atoms with Crippen molar-refractivity contribution in [2.45, 2.75) is 44.9 Å². The molecule has 0 aliphatic carbocycles. The van der Waals surface area contributed by atoms with Crippen LogP contribution < -0.4 is 0 Å². The third-order valence-corrected chi connectivity index (χ3v) is 2.91. The molecule has 0 atom stereocenters. The number of methoxy groups -OCH3 is 1. The van der Waals surface area contributed by atoms with E-state index in [1.54, 1.807) is 7.11 Å². The maximum atomic E-state index is 5.39. The van der Waals surface area contributed by atoms with Gasteiger partial charge in [0, 0.05) is 19.0 Å². The van der Waals surface area contributed by atoms with Gasteiger partial charge in [0.15, 0.2) is 0 Å². The lowest BCUT2D eigenvalue weighted by Gasteiger charge is -2.03. The van der Waals surface area contributed by atoms with Crippen LogP contribution in [-0.4, -0.2) is 32.3 Å². The maximum absolute atomic E-state index is 5.39. The quantitative estimate of drug-likeness (QED) is 0.400. The van der Waals surface area contributed by atoms with Crippen LogP contribution in [0.5, 0.6) is 0 Å². The van der Waals surface area contributed by atoms with Crippen molar-refractivity contribution in [2.75, 3.05) is 32.3 Å². The first-order chi connectivity index (χ1) is 7.41. The fraction of sp³-hybridized carbons (Fsp3) is 1.00. The van der Waals surface area contributed by atoms with Gasteiger partial charge in [0.1, 0.15) is 0 Å². The van der Waals surface area contributed by atoms with E-state index in [0.717, 1.165) is 18.5 Å². The summed E-state index contributed by atoms with van der Waals surface area (Å²) in [5, 5.41) is 1.15. The third kappa shape index (κ3) is 14.4. The van der Waals surface area contributed by atoms with Gasteiger partial charge in [-0.2, -0.15) is 0 Å². The van der Waals surface area contributed by atoms with E-state index in [-0.39, 0.29) is 0 Å². The van der Waals surface area contributed by atoms with Gasteiger partial charge in [-0.3, -0.25) is 0 Å². The number of rotatable bonds is 12. The summed E-state index contributed by atoms with van der Waals surface area (Å²) < 4.78 is 10.3. The molecule has 0 aliphatic rings. The Morgan fingerprint density at radius 1 is 0.733 bits per heavy atom. The zero-order valence-electron chi connectivity index (χ0n) is 9.97. The minimum atomic E-state index is 0.715. The number of halogens is 1. The van der Waals surface area contributed by atoms with Gasteiger partial charge in [0.05, 0.1) is 13.2 Å². The highest BCUT2D eigenvalue weighted by Crippen LogP contribution is 2.07. The molecule has 0 N–H and O–H groups in total. The van der Waals surface area contributed by atoms with Crippen molar-refractivity contribution in [1.29, 1.82) is 0 Å². The second-order valence-electron chi connectivity index (χ2n) is 3.77. The fourth-order valence-corrected chi connectivity index (χ4v) is 1.82. The van der Waals surface area contributed by atoms with Crippen molar-refractivity contribution < 1.29 is 9.47 Å². The second-order valence-corrected chi connectivity index (χ2v) is 4.56. The predicted molar refractivity (Wildman–Crippen MR) is 68.8 cm³/mol.